The first-order valence-electron chi connectivity index (χ1n) is 7.24. The molecule has 0 bridgehead atoms. The minimum atomic E-state index is -0.335. The van der Waals surface area contributed by atoms with E-state index in [9.17, 15) is 4.79 Å². The molecule has 1 aromatic carbocycles. The summed E-state index contributed by atoms with van der Waals surface area (Å²) in [5, 5.41) is 0. The molecule has 118 valence electrons. The molecule has 0 N–H and O–H groups in total. The van der Waals surface area contributed by atoms with Crippen molar-refractivity contribution >= 4 is 17.2 Å². The molecule has 0 fully saturated rings. The van der Waals surface area contributed by atoms with Crippen LogP contribution in [0.25, 0.3) is 5.57 Å². The number of ether oxygens (including phenoxy) is 1. The van der Waals surface area contributed by atoms with Gasteiger partial charge < -0.3 is 9.64 Å². The predicted octanol–water partition coefficient (Wildman–Crippen LogP) is 4.14. The molecule has 0 amide bonds. The van der Waals surface area contributed by atoms with Crippen molar-refractivity contribution in [3.05, 3.63) is 59.2 Å². The molecule has 1 rings (SSSR count). The van der Waals surface area contributed by atoms with Gasteiger partial charge in [-0.2, -0.15) is 0 Å². The number of anilines is 1. The number of nitrogens with zero attached hydrogens (tertiary/aromatic N) is 1. The van der Waals surface area contributed by atoms with Gasteiger partial charge in [0.1, 0.15) is 0 Å². The molecule has 0 radical (unpaired) electrons. The largest absolute Gasteiger partial charge is 0.466 e. The molecule has 22 heavy (non-hydrogen) atoms. The number of allylic oxidation sites excluding steroid dienone is 5. The minimum Gasteiger partial charge on any atom is -0.466 e. The maximum Gasteiger partial charge on any atom is 0.330 e. The Bertz CT molecular complexity index is 622. The monoisotopic (exact) mass is 299 g/mol. The number of rotatable bonds is 5. The second-order valence-corrected chi connectivity index (χ2v) is 5.52. The van der Waals surface area contributed by atoms with Crippen molar-refractivity contribution in [1.29, 1.82) is 0 Å². The van der Waals surface area contributed by atoms with Crippen LogP contribution in [0.1, 0.15) is 25.0 Å². The highest BCUT2D eigenvalue weighted by Crippen LogP contribution is 2.23. The zero-order valence-corrected chi connectivity index (χ0v) is 14.3. The van der Waals surface area contributed by atoms with Crippen molar-refractivity contribution in [3.63, 3.8) is 0 Å². The first-order valence-corrected chi connectivity index (χ1v) is 7.24. The summed E-state index contributed by atoms with van der Waals surface area (Å²) in [4.78, 5) is 13.2. The smallest absolute Gasteiger partial charge is 0.330 e. The van der Waals surface area contributed by atoms with Crippen molar-refractivity contribution in [2.45, 2.75) is 20.8 Å². The summed E-state index contributed by atoms with van der Waals surface area (Å²) in [5.41, 5.74) is 5.71. The molecule has 0 saturated heterocycles. The van der Waals surface area contributed by atoms with Crippen LogP contribution in [0.5, 0.6) is 0 Å². The van der Waals surface area contributed by atoms with E-state index < -0.39 is 0 Å². The molecule has 0 saturated carbocycles. The van der Waals surface area contributed by atoms with Gasteiger partial charge in [-0.1, -0.05) is 24.3 Å². The number of hydrogen-bond acceptors (Lipinski definition) is 3. The van der Waals surface area contributed by atoms with Crippen LogP contribution in [-0.2, 0) is 9.53 Å². The Hall–Kier alpha value is -2.29. The number of benzene rings is 1. The Morgan fingerprint density at radius 3 is 2.45 bits per heavy atom. The molecular weight excluding hydrogens is 274 g/mol. The molecule has 0 aromatic heterocycles. The quantitative estimate of drug-likeness (QED) is 0.465. The van der Waals surface area contributed by atoms with E-state index in [1.165, 1.54) is 35.6 Å². The third-order valence-electron chi connectivity index (χ3n) is 3.39. The molecule has 0 aliphatic rings. The Labute approximate surface area is 133 Å². The van der Waals surface area contributed by atoms with Gasteiger partial charge in [0.2, 0.25) is 0 Å². The second-order valence-electron chi connectivity index (χ2n) is 5.52. The van der Waals surface area contributed by atoms with Crippen LogP contribution in [0.4, 0.5) is 5.69 Å². The normalized spacial score (nSPS) is 12.6. The van der Waals surface area contributed by atoms with E-state index in [0.29, 0.717) is 0 Å². The molecule has 1 aromatic rings. The molecule has 3 nitrogen and oxygen atoms in total. The summed E-state index contributed by atoms with van der Waals surface area (Å²) in [5.74, 6) is -0.335. The van der Waals surface area contributed by atoms with Gasteiger partial charge >= 0.3 is 5.97 Å². The molecule has 0 aliphatic carbocycles. The number of carbonyl (C=O) groups is 1. The van der Waals surface area contributed by atoms with Crippen molar-refractivity contribution < 1.29 is 9.53 Å². The van der Waals surface area contributed by atoms with E-state index >= 15 is 0 Å². The fourth-order valence-electron chi connectivity index (χ4n) is 2.14. The third kappa shape index (κ3) is 5.24. The van der Waals surface area contributed by atoms with Crippen LogP contribution < -0.4 is 4.90 Å². The van der Waals surface area contributed by atoms with E-state index in [1.807, 2.05) is 39.2 Å². The van der Waals surface area contributed by atoms with Gasteiger partial charge in [-0.15, -0.1) is 0 Å². The summed E-state index contributed by atoms with van der Waals surface area (Å²) < 4.78 is 4.59. The summed E-state index contributed by atoms with van der Waals surface area (Å²) in [6.07, 6.45) is 7.34. The van der Waals surface area contributed by atoms with Crippen molar-refractivity contribution in [2.75, 3.05) is 26.1 Å². The first kappa shape index (κ1) is 17.8. The molecule has 0 heterocycles. The maximum atomic E-state index is 11.1. The van der Waals surface area contributed by atoms with Crippen LogP contribution in [0.3, 0.4) is 0 Å². The maximum absolute atomic E-state index is 11.1. The lowest BCUT2D eigenvalue weighted by atomic mass is 10.0. The molecular formula is C19H25NO2. The fourth-order valence-corrected chi connectivity index (χ4v) is 2.14. The van der Waals surface area contributed by atoms with E-state index in [1.54, 1.807) is 0 Å². The summed E-state index contributed by atoms with van der Waals surface area (Å²) in [6, 6.07) is 6.44. The van der Waals surface area contributed by atoms with Crippen LogP contribution in [0.15, 0.2) is 48.1 Å². The van der Waals surface area contributed by atoms with Crippen molar-refractivity contribution in [3.8, 4) is 0 Å². The third-order valence-corrected chi connectivity index (χ3v) is 3.39. The molecule has 0 atom stereocenters. The zero-order valence-electron chi connectivity index (χ0n) is 14.3. The average Bonchev–Trinajstić information content (AvgIpc) is 2.46. The lowest BCUT2D eigenvalue weighted by molar-refractivity contribution is -0.134. The number of methoxy groups -OCH3 is 1. The number of aryl methyl sites for hydroxylation is 1. The second kappa shape index (κ2) is 8.23. The zero-order chi connectivity index (χ0) is 16.7. The highest BCUT2D eigenvalue weighted by Gasteiger charge is 2.02. The minimum absolute atomic E-state index is 0.335. The summed E-state index contributed by atoms with van der Waals surface area (Å²) in [7, 11) is 5.47. The molecule has 0 spiro atoms. The molecule has 0 aliphatic heterocycles. The standard InChI is InChI=1S/C19H25NO2/c1-14(12-19(21)22-6)8-7-9-15(2)17-10-11-18(20(4)5)16(3)13-17/h7-13H,1-6H3. The lowest BCUT2D eigenvalue weighted by Crippen LogP contribution is -2.10. The Morgan fingerprint density at radius 2 is 1.91 bits per heavy atom. The highest BCUT2D eigenvalue weighted by molar-refractivity contribution is 5.83. The van der Waals surface area contributed by atoms with Crippen LogP contribution in [-0.4, -0.2) is 27.2 Å². The van der Waals surface area contributed by atoms with Crippen molar-refractivity contribution in [1.82, 2.24) is 0 Å². The fraction of sp³-hybridized carbons (Fsp3) is 0.316. The number of carbonyl (C=O) groups excluding carboxylic acids is 1. The van der Waals surface area contributed by atoms with Gasteiger partial charge in [-0.3, -0.25) is 0 Å². The summed E-state index contributed by atoms with van der Waals surface area (Å²) >= 11 is 0. The first-order chi connectivity index (χ1) is 10.3. The summed E-state index contributed by atoms with van der Waals surface area (Å²) in [6.45, 7) is 6.06. The Morgan fingerprint density at radius 1 is 1.23 bits per heavy atom. The predicted molar refractivity (Wildman–Crippen MR) is 94.1 cm³/mol. The van der Waals surface area contributed by atoms with Gasteiger partial charge in [-0.05, 0) is 55.2 Å². The Kier molecular flexibility index (Phi) is 6.64. The SMILES string of the molecule is COC(=O)C=C(C)C=CC=C(C)c1ccc(N(C)C)c(C)c1. The van der Waals surface area contributed by atoms with E-state index in [4.69, 9.17) is 0 Å². The topological polar surface area (TPSA) is 29.5 Å². The Balaban J connectivity index is 2.88. The van der Waals surface area contributed by atoms with Crippen LogP contribution in [0, 0.1) is 6.92 Å². The van der Waals surface area contributed by atoms with Gasteiger partial charge in [0.15, 0.2) is 0 Å². The molecule has 3 heteroatoms. The van der Waals surface area contributed by atoms with E-state index in [0.717, 1.165) is 5.57 Å². The lowest BCUT2D eigenvalue weighted by Gasteiger charge is -2.16. The number of esters is 1. The van der Waals surface area contributed by atoms with E-state index in [-0.39, 0.29) is 5.97 Å². The average molecular weight is 299 g/mol. The van der Waals surface area contributed by atoms with Gasteiger partial charge in [0.05, 0.1) is 7.11 Å². The highest BCUT2D eigenvalue weighted by atomic mass is 16.5. The molecule has 0 unspecified atom stereocenters. The van der Waals surface area contributed by atoms with E-state index in [2.05, 4.69) is 41.7 Å². The van der Waals surface area contributed by atoms with Crippen LogP contribution >= 0.6 is 0 Å². The van der Waals surface area contributed by atoms with Crippen LogP contribution in [0.2, 0.25) is 0 Å². The van der Waals surface area contributed by atoms with Gasteiger partial charge in [0.25, 0.3) is 0 Å². The van der Waals surface area contributed by atoms with Crippen molar-refractivity contribution in [2.24, 2.45) is 0 Å². The van der Waals surface area contributed by atoms with Gasteiger partial charge in [0, 0.05) is 25.9 Å². The number of hydrogen-bond donors (Lipinski definition) is 0. The van der Waals surface area contributed by atoms with Gasteiger partial charge in [-0.25, -0.2) is 4.79 Å².